The second kappa shape index (κ2) is 50.5. The van der Waals surface area contributed by atoms with Crippen LogP contribution in [0.2, 0.25) is 0 Å². The maximum Gasteiger partial charge on any atom is 0.397 e. The van der Waals surface area contributed by atoms with Crippen LogP contribution < -0.4 is 21.3 Å². The number of amides is 4. The number of aliphatic carboxylic acids is 1. The predicted octanol–water partition coefficient (Wildman–Crippen LogP) is 0.169. The maximum absolute atomic E-state index is 12.5. The van der Waals surface area contributed by atoms with Gasteiger partial charge in [0.2, 0.25) is 23.6 Å². The summed E-state index contributed by atoms with van der Waals surface area (Å²) in [5, 5.41) is 84.9. The molecule has 0 radical (unpaired) electrons. The van der Waals surface area contributed by atoms with Gasteiger partial charge in [0.05, 0.1) is 45.2 Å². The van der Waals surface area contributed by atoms with E-state index in [0.717, 1.165) is 90.4 Å². The van der Waals surface area contributed by atoms with Crippen molar-refractivity contribution >= 4 is 62.0 Å². The Balaban J connectivity index is 0.887. The van der Waals surface area contributed by atoms with Crippen molar-refractivity contribution in [2.75, 3.05) is 72.6 Å². The highest BCUT2D eigenvalue weighted by Crippen LogP contribution is 2.34. The number of aliphatic hydroxyl groups excluding tert-OH is 6. The molecule has 0 aromatic carbocycles. The van der Waals surface area contributed by atoms with Gasteiger partial charge in [0.25, 0.3) is 0 Å². The first-order chi connectivity index (χ1) is 49.9. The van der Waals surface area contributed by atoms with Gasteiger partial charge in [-0.1, -0.05) is 84.0 Å². The van der Waals surface area contributed by atoms with Crippen molar-refractivity contribution < 1.29 is 156 Å². The van der Waals surface area contributed by atoms with Crippen molar-refractivity contribution in [2.24, 2.45) is 0 Å². The summed E-state index contributed by atoms with van der Waals surface area (Å²) in [6.07, 6.45) is -10.5. The molecule has 4 amide bonds. The molecule has 4 aliphatic heterocycles. The minimum Gasteiger partial charge on any atom is -0.479 e. The topological polar surface area (TPSA) is 538 Å². The molecule has 0 bridgehead atoms. The second-order valence-corrected chi connectivity index (χ2v) is 28.7. The number of hydrogen-bond acceptors (Lipinski definition) is 30. The molecule has 610 valence electrons. The molecule has 4 saturated heterocycles. The van der Waals surface area contributed by atoms with Crippen molar-refractivity contribution in [2.45, 2.75) is 305 Å². The molecule has 0 spiro atoms. The van der Waals surface area contributed by atoms with Gasteiger partial charge in [-0.15, -0.1) is 0 Å². The number of ketones is 2. The average Bonchev–Trinajstić information content (AvgIpc) is 0.774. The first-order valence-electron chi connectivity index (χ1n) is 36.5. The van der Waals surface area contributed by atoms with E-state index in [-0.39, 0.29) is 89.3 Å². The lowest BCUT2D eigenvalue weighted by Gasteiger charge is -2.47. The molecule has 0 aromatic heterocycles. The van der Waals surface area contributed by atoms with Crippen molar-refractivity contribution in [1.82, 2.24) is 21.3 Å². The number of carbonyl (C=O) groups is 7. The van der Waals surface area contributed by atoms with Gasteiger partial charge in [-0.25, -0.2) is 13.2 Å². The number of nitrogens with one attached hydrogen (secondary N) is 4. The lowest BCUT2D eigenvalue weighted by Crippen LogP contribution is -2.68. The minimum absolute atomic E-state index is 0.00115. The van der Waals surface area contributed by atoms with Crippen molar-refractivity contribution in [1.29, 1.82) is 0 Å². The van der Waals surface area contributed by atoms with Crippen molar-refractivity contribution in [3.63, 3.8) is 0 Å². The first-order valence-corrected chi connectivity index (χ1v) is 39.2. The van der Waals surface area contributed by atoms with E-state index in [4.69, 9.17) is 56.3 Å². The smallest absolute Gasteiger partial charge is 0.397 e. The molecule has 4 heterocycles. The SMILES string of the molecule is CCC1OC(OC2C(C(=O)O)OC(OCCCCCCCC(=O)CCCCCCCCC(=O)COCCOCCOCC(=O)NCCCCCCCC(=O)NCCCCCCOC3OCC(OC4OC(C)C(O)C(O)C4NC(C)=O)C(O)C3OS(=O)(=O)O)C(OS(=O)(=O)O)C2O)C(NC(C)=O)C(O)C1O. The fourth-order valence-corrected chi connectivity index (χ4v) is 13.1. The number of aliphatic hydroxyl groups is 6. The van der Waals surface area contributed by atoms with Gasteiger partial charge in [-0.3, -0.25) is 37.9 Å². The number of carboxylic acids is 1. The second-order valence-electron chi connectivity index (χ2n) is 26.6. The van der Waals surface area contributed by atoms with E-state index < -0.39 is 155 Å². The third kappa shape index (κ3) is 36.9. The van der Waals surface area contributed by atoms with Crippen LogP contribution in [0.4, 0.5) is 0 Å². The third-order valence-electron chi connectivity index (χ3n) is 17.8. The average molecular weight is 1560 g/mol. The van der Waals surface area contributed by atoms with Gasteiger partial charge in [0.15, 0.2) is 49.3 Å². The Kier molecular flexibility index (Phi) is 44.8. The number of Topliss-reactive ketones (excluding diaryl/α,β-unsaturated/α-hetero) is 2. The molecule has 13 N–H and O–H groups in total. The quantitative estimate of drug-likeness (QED) is 0.0285. The van der Waals surface area contributed by atoms with Crippen LogP contribution in [0.5, 0.6) is 0 Å². The van der Waals surface area contributed by atoms with Gasteiger partial charge in [0.1, 0.15) is 79.9 Å². The molecule has 0 aliphatic carbocycles. The Morgan fingerprint density at radius 1 is 0.448 bits per heavy atom. The van der Waals surface area contributed by atoms with E-state index in [9.17, 15) is 95.2 Å². The standard InChI is InChI=1S/C66H116N4O33S2/c1-5-46-53(78)56(81)51(70-43(4)72)64(98-46)100-58-57(82)60(103-105(88,89)90)66(101-61(58)62(83)84)95-33-24-16-9-12-19-27-44(73)26-18-10-6-7-11-20-28-45(74)38-92-36-34-91-35-37-93-40-49(76)68-31-22-14-8-13-21-29-48(75)67-30-23-15-17-25-32-94-65-59(102-104(85,86)87)54(79)47(39-96-65)99-63-50(69-42(3)71)55(80)52(77)41(2)97-63/h41,46-47,50-61,63-66,77-82H,5-40H2,1-4H3,(H,67,75)(H,68,76)(H,69,71)(H,70,72)(H,83,84)(H,85,86,87)(H,88,89,90). The van der Waals surface area contributed by atoms with Gasteiger partial charge in [-0.2, -0.15) is 16.8 Å². The maximum atomic E-state index is 12.5. The molecule has 4 fully saturated rings. The number of carbonyl (C=O) groups excluding carboxylic acids is 6. The van der Waals surface area contributed by atoms with E-state index in [0.29, 0.717) is 83.7 Å². The zero-order valence-electron chi connectivity index (χ0n) is 60.6. The van der Waals surface area contributed by atoms with Gasteiger partial charge in [0, 0.05) is 65.8 Å². The zero-order chi connectivity index (χ0) is 77.5. The summed E-state index contributed by atoms with van der Waals surface area (Å²) in [6.45, 7) is 6.78. The van der Waals surface area contributed by atoms with Gasteiger partial charge in [-0.05, 0) is 64.7 Å². The fourth-order valence-electron chi connectivity index (χ4n) is 12.2. The highest BCUT2D eigenvalue weighted by atomic mass is 32.3. The van der Waals surface area contributed by atoms with Crippen LogP contribution in [0.3, 0.4) is 0 Å². The summed E-state index contributed by atoms with van der Waals surface area (Å²) < 4.78 is 137. The summed E-state index contributed by atoms with van der Waals surface area (Å²) in [7, 11) is -10.4. The number of carboxylic acid groups (broad SMARTS) is 1. The number of ether oxygens (including phenoxy) is 11. The summed E-state index contributed by atoms with van der Waals surface area (Å²) in [5.74, 6) is -3.04. The van der Waals surface area contributed by atoms with E-state index in [1.165, 1.54) is 13.8 Å². The van der Waals surface area contributed by atoms with Crippen molar-refractivity contribution in [3.8, 4) is 0 Å². The van der Waals surface area contributed by atoms with Gasteiger partial charge >= 0.3 is 26.8 Å². The third-order valence-corrected chi connectivity index (χ3v) is 18.7. The number of unbranched alkanes of at least 4 members (excludes halogenated alkanes) is 16. The molecule has 39 heteroatoms. The van der Waals surface area contributed by atoms with Crippen LogP contribution in [0.1, 0.15) is 188 Å². The van der Waals surface area contributed by atoms with Crippen LogP contribution in [0, 0.1) is 0 Å². The molecule has 4 rings (SSSR count). The monoisotopic (exact) mass is 1560 g/mol. The molecule has 0 aromatic rings. The van der Waals surface area contributed by atoms with Crippen LogP contribution in [-0.4, -0.2) is 292 Å². The summed E-state index contributed by atoms with van der Waals surface area (Å²) in [5.41, 5.74) is 0. The van der Waals surface area contributed by atoms with Crippen molar-refractivity contribution in [3.05, 3.63) is 0 Å². The number of rotatable bonds is 56. The lowest BCUT2D eigenvalue weighted by atomic mass is 9.94. The molecule has 105 heavy (non-hydrogen) atoms. The minimum atomic E-state index is -5.28. The molecule has 37 nitrogen and oxygen atoms in total. The lowest BCUT2D eigenvalue weighted by molar-refractivity contribution is -0.336. The summed E-state index contributed by atoms with van der Waals surface area (Å²) >= 11 is 0. The normalized spacial score (nSPS) is 28.7. The Hall–Kier alpha value is -4.25. The number of hydrogen-bond donors (Lipinski definition) is 13. The van der Waals surface area contributed by atoms with Crippen LogP contribution in [-0.2, 0) is 115 Å². The summed E-state index contributed by atoms with van der Waals surface area (Å²) in [6, 6.07) is -2.72. The Morgan fingerprint density at radius 2 is 0.895 bits per heavy atom. The zero-order valence-corrected chi connectivity index (χ0v) is 62.2. The Bertz CT molecular complexity index is 2780. The van der Waals surface area contributed by atoms with E-state index in [1.807, 2.05) is 0 Å². The molecular formula is C66H116N4O33S2. The van der Waals surface area contributed by atoms with Crippen LogP contribution >= 0.6 is 0 Å². The predicted molar refractivity (Wildman–Crippen MR) is 364 cm³/mol. The largest absolute Gasteiger partial charge is 0.479 e. The summed E-state index contributed by atoms with van der Waals surface area (Å²) in [4.78, 5) is 85.4. The van der Waals surface area contributed by atoms with E-state index in [2.05, 4.69) is 25.5 Å². The highest BCUT2D eigenvalue weighted by molar-refractivity contribution is 7.81. The van der Waals surface area contributed by atoms with Crippen LogP contribution in [0.25, 0.3) is 0 Å². The molecule has 19 unspecified atom stereocenters. The van der Waals surface area contributed by atoms with E-state index >= 15 is 0 Å². The molecule has 19 atom stereocenters. The first kappa shape index (κ1) is 93.1. The van der Waals surface area contributed by atoms with Crippen LogP contribution in [0.15, 0.2) is 0 Å². The molecular weight excluding hydrogens is 1440 g/mol. The molecule has 0 saturated carbocycles. The molecule has 4 aliphatic rings. The fraction of sp³-hybridized carbons (Fsp3) is 0.894. The Morgan fingerprint density at radius 3 is 1.42 bits per heavy atom. The van der Waals surface area contributed by atoms with E-state index in [1.54, 1.807) is 6.92 Å². The van der Waals surface area contributed by atoms with Gasteiger partial charge < -0.3 is 109 Å². The Labute approximate surface area is 613 Å². The highest BCUT2D eigenvalue weighted by Gasteiger charge is 2.56.